The van der Waals surface area contributed by atoms with Crippen LogP contribution in [0.1, 0.15) is 65.2 Å². The zero-order valence-corrected chi connectivity index (χ0v) is 11.8. The fourth-order valence-corrected chi connectivity index (χ4v) is 3.43. The van der Waals surface area contributed by atoms with Crippen molar-refractivity contribution in [2.75, 3.05) is 19.6 Å². The Morgan fingerprint density at radius 3 is 2.41 bits per heavy atom. The van der Waals surface area contributed by atoms with Crippen LogP contribution in [0, 0.1) is 0 Å². The predicted octanol–water partition coefficient (Wildman–Crippen LogP) is 3.17. The Morgan fingerprint density at radius 2 is 1.76 bits per heavy atom. The Hall–Kier alpha value is -0.0800. The van der Waals surface area contributed by atoms with Crippen LogP contribution < -0.4 is 5.32 Å². The van der Waals surface area contributed by atoms with Crippen LogP contribution in [-0.4, -0.2) is 36.1 Å². The van der Waals surface area contributed by atoms with Crippen molar-refractivity contribution in [2.45, 2.75) is 76.8 Å². The van der Waals surface area contributed by atoms with Gasteiger partial charge in [0.2, 0.25) is 0 Å². The van der Waals surface area contributed by atoms with Crippen LogP contribution in [0.4, 0.5) is 0 Å². The second-order valence-electron chi connectivity index (χ2n) is 6.31. The van der Waals surface area contributed by atoms with Gasteiger partial charge in [-0.15, -0.1) is 0 Å². The van der Waals surface area contributed by atoms with E-state index in [1.165, 1.54) is 71.0 Å². The van der Waals surface area contributed by atoms with E-state index in [1.807, 2.05) is 0 Å². The van der Waals surface area contributed by atoms with Crippen LogP contribution in [0.5, 0.6) is 0 Å². The molecule has 1 saturated heterocycles. The molecule has 1 N–H and O–H groups in total. The SMILES string of the molecule is CCC1(C)CN(C2CCCCCCC2)CCN1. The van der Waals surface area contributed by atoms with Crippen molar-refractivity contribution in [1.82, 2.24) is 10.2 Å². The van der Waals surface area contributed by atoms with Gasteiger partial charge in [0.05, 0.1) is 0 Å². The van der Waals surface area contributed by atoms with E-state index in [4.69, 9.17) is 0 Å². The van der Waals surface area contributed by atoms with Crippen molar-refractivity contribution in [3.05, 3.63) is 0 Å². The van der Waals surface area contributed by atoms with E-state index < -0.39 is 0 Å². The number of rotatable bonds is 2. The van der Waals surface area contributed by atoms with Crippen molar-refractivity contribution < 1.29 is 0 Å². The summed E-state index contributed by atoms with van der Waals surface area (Å²) in [6.45, 7) is 8.41. The van der Waals surface area contributed by atoms with E-state index in [-0.39, 0.29) is 0 Å². The molecule has 1 aliphatic heterocycles. The molecule has 1 atom stereocenters. The molecule has 0 aromatic heterocycles. The van der Waals surface area contributed by atoms with E-state index in [1.54, 1.807) is 0 Å². The summed E-state index contributed by atoms with van der Waals surface area (Å²) in [6, 6.07) is 0.878. The van der Waals surface area contributed by atoms with Gasteiger partial charge in [0.25, 0.3) is 0 Å². The highest BCUT2D eigenvalue weighted by atomic mass is 15.2. The molecule has 1 aliphatic carbocycles. The highest BCUT2D eigenvalue weighted by Crippen LogP contribution is 2.25. The lowest BCUT2D eigenvalue weighted by molar-refractivity contribution is 0.0840. The van der Waals surface area contributed by atoms with Gasteiger partial charge in [0.1, 0.15) is 0 Å². The number of nitrogens with zero attached hydrogens (tertiary/aromatic N) is 1. The first-order valence-electron chi connectivity index (χ1n) is 7.72. The molecule has 1 unspecified atom stereocenters. The third-order valence-corrected chi connectivity index (χ3v) is 4.87. The van der Waals surface area contributed by atoms with Gasteiger partial charge >= 0.3 is 0 Å². The molecule has 2 heteroatoms. The Labute approximate surface area is 107 Å². The minimum Gasteiger partial charge on any atom is -0.309 e. The van der Waals surface area contributed by atoms with Gasteiger partial charge in [-0.25, -0.2) is 0 Å². The normalized spacial score (nSPS) is 34.2. The first-order chi connectivity index (χ1) is 8.23. The summed E-state index contributed by atoms with van der Waals surface area (Å²) < 4.78 is 0. The number of hydrogen-bond acceptors (Lipinski definition) is 2. The summed E-state index contributed by atoms with van der Waals surface area (Å²) in [5.74, 6) is 0. The molecule has 100 valence electrons. The van der Waals surface area contributed by atoms with Crippen molar-refractivity contribution in [1.29, 1.82) is 0 Å². The van der Waals surface area contributed by atoms with Crippen LogP contribution in [0.25, 0.3) is 0 Å². The van der Waals surface area contributed by atoms with Crippen LogP contribution in [0.3, 0.4) is 0 Å². The molecule has 0 aromatic carbocycles. The summed E-state index contributed by atoms with van der Waals surface area (Å²) in [5, 5.41) is 3.70. The molecule has 2 aliphatic rings. The molecule has 17 heavy (non-hydrogen) atoms. The first-order valence-corrected chi connectivity index (χ1v) is 7.72. The third kappa shape index (κ3) is 3.69. The first kappa shape index (κ1) is 13.4. The van der Waals surface area contributed by atoms with Gasteiger partial charge < -0.3 is 5.32 Å². The standard InChI is InChI=1S/C15H30N2/c1-3-15(2)13-17(12-11-16-15)14-9-7-5-4-6-8-10-14/h14,16H,3-13H2,1-2H3. The molecule has 0 aromatic rings. The average molecular weight is 238 g/mol. The van der Waals surface area contributed by atoms with Crippen molar-refractivity contribution in [3.8, 4) is 0 Å². The largest absolute Gasteiger partial charge is 0.309 e. The highest BCUT2D eigenvalue weighted by molar-refractivity contribution is 4.92. The molecule has 1 saturated carbocycles. The van der Waals surface area contributed by atoms with Gasteiger partial charge in [-0.1, -0.05) is 39.0 Å². The van der Waals surface area contributed by atoms with Crippen LogP contribution in [-0.2, 0) is 0 Å². The maximum absolute atomic E-state index is 3.70. The third-order valence-electron chi connectivity index (χ3n) is 4.87. The maximum Gasteiger partial charge on any atom is 0.0278 e. The zero-order valence-electron chi connectivity index (χ0n) is 11.8. The lowest BCUT2D eigenvalue weighted by Gasteiger charge is -2.45. The van der Waals surface area contributed by atoms with Gasteiger partial charge in [0.15, 0.2) is 0 Å². The van der Waals surface area contributed by atoms with E-state index >= 15 is 0 Å². The summed E-state index contributed by atoms with van der Waals surface area (Å²) in [4.78, 5) is 2.78. The molecule has 2 rings (SSSR count). The topological polar surface area (TPSA) is 15.3 Å². The summed E-state index contributed by atoms with van der Waals surface area (Å²) in [6.07, 6.45) is 11.5. The highest BCUT2D eigenvalue weighted by Gasteiger charge is 2.31. The smallest absolute Gasteiger partial charge is 0.0278 e. The molecular formula is C15H30N2. The minimum atomic E-state index is 0.362. The van der Waals surface area contributed by atoms with Crippen molar-refractivity contribution in [3.63, 3.8) is 0 Å². The van der Waals surface area contributed by atoms with Crippen LogP contribution in [0.2, 0.25) is 0 Å². The molecule has 0 radical (unpaired) electrons. The number of nitrogens with one attached hydrogen (secondary N) is 1. The molecule has 0 amide bonds. The molecular weight excluding hydrogens is 208 g/mol. The van der Waals surface area contributed by atoms with Crippen LogP contribution >= 0.6 is 0 Å². The Morgan fingerprint density at radius 1 is 1.12 bits per heavy atom. The van der Waals surface area contributed by atoms with Gasteiger partial charge in [-0.2, -0.15) is 0 Å². The number of hydrogen-bond donors (Lipinski definition) is 1. The monoisotopic (exact) mass is 238 g/mol. The minimum absolute atomic E-state index is 0.362. The Kier molecular flexibility index (Phi) is 4.87. The van der Waals surface area contributed by atoms with E-state index in [0.717, 1.165) is 6.04 Å². The fourth-order valence-electron chi connectivity index (χ4n) is 3.43. The van der Waals surface area contributed by atoms with Gasteiger partial charge in [-0.3, -0.25) is 4.90 Å². The maximum atomic E-state index is 3.70. The summed E-state index contributed by atoms with van der Waals surface area (Å²) >= 11 is 0. The predicted molar refractivity (Wildman–Crippen MR) is 74.4 cm³/mol. The van der Waals surface area contributed by atoms with E-state index in [9.17, 15) is 0 Å². The van der Waals surface area contributed by atoms with Crippen molar-refractivity contribution >= 4 is 0 Å². The quantitative estimate of drug-likeness (QED) is 0.795. The second-order valence-corrected chi connectivity index (χ2v) is 6.31. The average Bonchev–Trinajstić information content (AvgIpc) is 2.28. The molecule has 0 bridgehead atoms. The lowest BCUT2D eigenvalue weighted by Crippen LogP contribution is -2.60. The molecule has 1 heterocycles. The fraction of sp³-hybridized carbons (Fsp3) is 1.00. The van der Waals surface area contributed by atoms with Gasteiger partial charge in [0, 0.05) is 31.2 Å². The van der Waals surface area contributed by atoms with E-state index in [2.05, 4.69) is 24.1 Å². The van der Waals surface area contributed by atoms with Gasteiger partial charge in [-0.05, 0) is 26.2 Å². The number of piperazine rings is 1. The Bertz CT molecular complexity index is 221. The Balaban J connectivity index is 1.90. The molecule has 0 spiro atoms. The van der Waals surface area contributed by atoms with Crippen molar-refractivity contribution in [2.24, 2.45) is 0 Å². The van der Waals surface area contributed by atoms with Crippen LogP contribution in [0.15, 0.2) is 0 Å². The lowest BCUT2D eigenvalue weighted by atomic mass is 9.91. The summed E-state index contributed by atoms with van der Waals surface area (Å²) in [5.41, 5.74) is 0.362. The van der Waals surface area contributed by atoms with E-state index in [0.29, 0.717) is 5.54 Å². The second kappa shape index (κ2) is 6.19. The summed E-state index contributed by atoms with van der Waals surface area (Å²) in [7, 11) is 0. The molecule has 2 nitrogen and oxygen atoms in total. The zero-order chi connectivity index (χ0) is 12.1. The molecule has 2 fully saturated rings.